The second-order valence-electron chi connectivity index (χ2n) is 4.99. The lowest BCUT2D eigenvalue weighted by atomic mass is 10.1. The van der Waals surface area contributed by atoms with E-state index in [1.165, 1.54) is 0 Å². The first-order chi connectivity index (χ1) is 11.2. The van der Waals surface area contributed by atoms with Crippen LogP contribution >= 0.6 is 11.6 Å². The number of methoxy groups -OCH3 is 1. The van der Waals surface area contributed by atoms with Crippen molar-refractivity contribution in [2.45, 2.75) is 6.54 Å². The molecule has 0 aliphatic carbocycles. The summed E-state index contributed by atoms with van der Waals surface area (Å²) >= 11 is 6.09. The van der Waals surface area contributed by atoms with Crippen LogP contribution in [0.25, 0.3) is 10.9 Å². The molecular weight excluding hydrogens is 310 g/mol. The van der Waals surface area contributed by atoms with Crippen molar-refractivity contribution < 1.29 is 4.74 Å². The van der Waals surface area contributed by atoms with Gasteiger partial charge < -0.3 is 10.1 Å². The predicted molar refractivity (Wildman–Crippen MR) is 91.8 cm³/mol. The van der Waals surface area contributed by atoms with E-state index in [-0.39, 0.29) is 0 Å². The van der Waals surface area contributed by atoms with Gasteiger partial charge in [-0.05, 0) is 24.3 Å². The highest BCUT2D eigenvalue weighted by atomic mass is 35.5. The Morgan fingerprint density at radius 3 is 2.87 bits per heavy atom. The Kier molecular flexibility index (Phi) is 4.31. The molecule has 0 fully saturated rings. The highest BCUT2D eigenvalue weighted by molar-refractivity contribution is 6.31. The Bertz CT molecular complexity index is 902. The third-order valence-electron chi connectivity index (χ3n) is 3.60. The van der Waals surface area contributed by atoms with Gasteiger partial charge in [0, 0.05) is 28.7 Å². The molecule has 1 N–H and O–H groups in total. The largest absolute Gasteiger partial charge is 0.496 e. The molecule has 0 saturated heterocycles. The number of rotatable bonds is 4. The zero-order valence-electron chi connectivity index (χ0n) is 12.5. The minimum absolute atomic E-state index is 0.481. The average Bonchev–Trinajstić information content (AvgIpc) is 2.59. The van der Waals surface area contributed by atoms with E-state index in [1.54, 1.807) is 19.4 Å². The number of halogens is 1. The third kappa shape index (κ3) is 3.05. The van der Waals surface area contributed by atoms with Gasteiger partial charge in [0.25, 0.3) is 0 Å². The first-order valence-electron chi connectivity index (χ1n) is 7.07. The van der Waals surface area contributed by atoms with Gasteiger partial charge in [-0.15, -0.1) is 0 Å². The quantitative estimate of drug-likeness (QED) is 0.774. The van der Waals surface area contributed by atoms with Crippen molar-refractivity contribution in [1.29, 1.82) is 5.26 Å². The van der Waals surface area contributed by atoms with Crippen molar-refractivity contribution in [1.82, 2.24) is 4.98 Å². The van der Waals surface area contributed by atoms with Crippen LogP contribution < -0.4 is 10.1 Å². The fourth-order valence-corrected chi connectivity index (χ4v) is 2.64. The fraction of sp³-hybridized carbons (Fsp3) is 0.111. The molecule has 0 aliphatic rings. The lowest BCUT2D eigenvalue weighted by molar-refractivity contribution is 0.410. The number of ether oxygens (including phenoxy) is 1. The van der Waals surface area contributed by atoms with E-state index in [4.69, 9.17) is 16.3 Å². The Morgan fingerprint density at radius 1 is 1.26 bits per heavy atom. The van der Waals surface area contributed by atoms with Gasteiger partial charge in [0.1, 0.15) is 11.8 Å². The van der Waals surface area contributed by atoms with Crippen molar-refractivity contribution in [2.75, 3.05) is 12.4 Å². The van der Waals surface area contributed by atoms with Crippen LogP contribution in [0.1, 0.15) is 11.1 Å². The monoisotopic (exact) mass is 323 g/mol. The number of benzene rings is 2. The summed E-state index contributed by atoms with van der Waals surface area (Å²) in [7, 11) is 1.64. The van der Waals surface area contributed by atoms with E-state index in [0.29, 0.717) is 17.1 Å². The maximum Gasteiger partial charge on any atom is 0.123 e. The predicted octanol–water partition coefficient (Wildman–Crippen LogP) is 4.38. The smallest absolute Gasteiger partial charge is 0.123 e. The van der Waals surface area contributed by atoms with Gasteiger partial charge in [-0.25, -0.2) is 0 Å². The fourth-order valence-electron chi connectivity index (χ4n) is 2.47. The SMILES string of the molecule is COc1ccccc1CNc1c(C#N)cnc2ccc(Cl)cc12. The van der Waals surface area contributed by atoms with Crippen LogP contribution in [0.3, 0.4) is 0 Å². The lowest BCUT2D eigenvalue weighted by Gasteiger charge is -2.13. The molecule has 0 unspecified atom stereocenters. The molecule has 0 aliphatic heterocycles. The minimum atomic E-state index is 0.481. The number of fused-ring (bicyclic) bond motifs is 1. The van der Waals surface area contributed by atoms with Crippen LogP contribution in [0.5, 0.6) is 5.75 Å². The molecule has 2 aromatic carbocycles. The molecule has 0 amide bonds. The molecule has 0 saturated carbocycles. The highest BCUT2D eigenvalue weighted by Crippen LogP contribution is 2.29. The Morgan fingerprint density at radius 2 is 2.09 bits per heavy atom. The maximum atomic E-state index is 9.36. The Labute approximate surface area is 139 Å². The highest BCUT2D eigenvalue weighted by Gasteiger charge is 2.10. The molecule has 1 heterocycles. The summed E-state index contributed by atoms with van der Waals surface area (Å²) < 4.78 is 5.36. The van der Waals surface area contributed by atoms with Crippen molar-refractivity contribution >= 4 is 28.2 Å². The van der Waals surface area contributed by atoms with E-state index in [1.807, 2.05) is 36.4 Å². The van der Waals surface area contributed by atoms with Crippen LogP contribution in [0.15, 0.2) is 48.7 Å². The number of hydrogen-bond acceptors (Lipinski definition) is 4. The van der Waals surface area contributed by atoms with Gasteiger partial charge in [0.2, 0.25) is 0 Å². The van der Waals surface area contributed by atoms with Crippen LogP contribution in [0, 0.1) is 11.3 Å². The number of nitrogens with one attached hydrogen (secondary N) is 1. The first kappa shape index (κ1) is 15.1. The van der Waals surface area contributed by atoms with Crippen LogP contribution in [-0.4, -0.2) is 12.1 Å². The maximum absolute atomic E-state index is 9.36. The summed E-state index contributed by atoms with van der Waals surface area (Å²) in [6, 6.07) is 15.4. The van der Waals surface area contributed by atoms with Gasteiger partial charge in [0.15, 0.2) is 0 Å². The minimum Gasteiger partial charge on any atom is -0.496 e. The van der Waals surface area contributed by atoms with Crippen molar-refractivity contribution in [2.24, 2.45) is 0 Å². The summed E-state index contributed by atoms with van der Waals surface area (Å²) in [5.74, 6) is 0.801. The number of nitrogens with zero attached hydrogens (tertiary/aromatic N) is 2. The number of aromatic nitrogens is 1. The van der Waals surface area contributed by atoms with E-state index < -0.39 is 0 Å². The average molecular weight is 324 g/mol. The Hall–Kier alpha value is -2.77. The summed E-state index contributed by atoms with van der Waals surface area (Å²) in [5, 5.41) is 14.1. The second kappa shape index (κ2) is 6.55. The Balaban J connectivity index is 2.02. The normalized spacial score (nSPS) is 10.3. The van der Waals surface area contributed by atoms with Gasteiger partial charge >= 0.3 is 0 Å². The summed E-state index contributed by atoms with van der Waals surface area (Å²) in [6.07, 6.45) is 1.57. The second-order valence-corrected chi connectivity index (χ2v) is 5.42. The molecule has 0 radical (unpaired) electrons. The molecular formula is C18H14ClN3O. The standard InChI is InChI=1S/C18H14ClN3O/c1-23-17-5-3-2-4-12(17)10-22-18-13(9-20)11-21-16-7-6-14(19)8-15(16)18/h2-8,11H,10H2,1H3,(H,21,22). The van der Waals surface area contributed by atoms with Gasteiger partial charge in [0.05, 0.1) is 23.9 Å². The molecule has 0 atom stereocenters. The molecule has 0 bridgehead atoms. The number of hydrogen-bond donors (Lipinski definition) is 1. The summed E-state index contributed by atoms with van der Waals surface area (Å²) in [6.45, 7) is 0.532. The molecule has 3 rings (SSSR count). The van der Waals surface area contributed by atoms with Crippen molar-refractivity contribution in [3.8, 4) is 11.8 Å². The molecule has 23 heavy (non-hydrogen) atoms. The van der Waals surface area contributed by atoms with Crippen molar-refractivity contribution in [3.05, 3.63) is 64.8 Å². The molecule has 114 valence electrons. The molecule has 3 aromatic rings. The van der Waals surface area contributed by atoms with Gasteiger partial charge in [-0.1, -0.05) is 29.8 Å². The summed E-state index contributed by atoms with van der Waals surface area (Å²) in [5.41, 5.74) is 3.00. The van der Waals surface area contributed by atoms with Gasteiger partial charge in [-0.3, -0.25) is 4.98 Å². The lowest BCUT2D eigenvalue weighted by Crippen LogP contribution is -2.04. The number of para-hydroxylation sites is 1. The van der Waals surface area contributed by atoms with E-state index in [2.05, 4.69) is 16.4 Å². The van der Waals surface area contributed by atoms with E-state index in [0.717, 1.165) is 27.9 Å². The van der Waals surface area contributed by atoms with E-state index in [9.17, 15) is 5.26 Å². The molecule has 5 heteroatoms. The summed E-state index contributed by atoms with van der Waals surface area (Å²) in [4.78, 5) is 4.30. The van der Waals surface area contributed by atoms with Crippen LogP contribution in [0.2, 0.25) is 5.02 Å². The zero-order valence-corrected chi connectivity index (χ0v) is 13.3. The molecule has 4 nitrogen and oxygen atoms in total. The topological polar surface area (TPSA) is 57.9 Å². The third-order valence-corrected chi connectivity index (χ3v) is 3.83. The molecule has 0 spiro atoms. The number of nitriles is 1. The number of anilines is 1. The van der Waals surface area contributed by atoms with Crippen molar-refractivity contribution in [3.63, 3.8) is 0 Å². The first-order valence-corrected chi connectivity index (χ1v) is 7.45. The number of pyridine rings is 1. The van der Waals surface area contributed by atoms with Crippen LogP contribution in [-0.2, 0) is 6.54 Å². The van der Waals surface area contributed by atoms with E-state index >= 15 is 0 Å². The van der Waals surface area contributed by atoms with Gasteiger partial charge in [-0.2, -0.15) is 5.26 Å². The zero-order chi connectivity index (χ0) is 16.2. The molecule has 1 aromatic heterocycles. The van der Waals surface area contributed by atoms with Crippen LogP contribution in [0.4, 0.5) is 5.69 Å².